The summed E-state index contributed by atoms with van der Waals surface area (Å²) in [7, 11) is 2.16. The molecule has 0 fully saturated rings. The lowest BCUT2D eigenvalue weighted by Crippen LogP contribution is -2.36. The number of benzene rings is 3. The molecule has 0 aromatic heterocycles. The van der Waals surface area contributed by atoms with Gasteiger partial charge in [-0.1, -0.05) is 65.7 Å². The predicted octanol–water partition coefficient (Wildman–Crippen LogP) is 6.13. The molecule has 0 spiro atoms. The van der Waals surface area contributed by atoms with Gasteiger partial charge in [0.1, 0.15) is 6.17 Å². The van der Waals surface area contributed by atoms with Gasteiger partial charge in [-0.3, -0.25) is 0 Å². The Bertz CT molecular complexity index is 1160. The van der Waals surface area contributed by atoms with Crippen LogP contribution in [0, 0.1) is 0 Å². The van der Waals surface area contributed by atoms with Crippen LogP contribution in [0.3, 0.4) is 0 Å². The summed E-state index contributed by atoms with van der Waals surface area (Å²) in [5, 5.41) is 1.43. The van der Waals surface area contributed by atoms with E-state index in [2.05, 4.69) is 59.3 Å². The van der Waals surface area contributed by atoms with Crippen molar-refractivity contribution in [3.05, 3.63) is 87.4 Å². The number of anilines is 1. The lowest BCUT2D eigenvalue weighted by Gasteiger charge is -2.31. The number of hydrogen-bond donors (Lipinski definition) is 0. The molecule has 3 aromatic rings. The number of nitrogens with zero attached hydrogens (tertiary/aromatic N) is 2. The highest BCUT2D eigenvalue weighted by Crippen LogP contribution is 2.57. The molecule has 0 bridgehead atoms. The average molecular weight is 391 g/mol. The van der Waals surface area contributed by atoms with Gasteiger partial charge in [0, 0.05) is 35.2 Å². The number of hydrogen-bond acceptors (Lipinski definition) is 2. The molecule has 0 radical (unpaired) electrons. The van der Waals surface area contributed by atoms with Gasteiger partial charge >= 0.3 is 0 Å². The van der Waals surface area contributed by atoms with Crippen LogP contribution in [-0.4, -0.2) is 18.1 Å². The average Bonchev–Trinajstić information content (AvgIpc) is 3.19. The molecule has 132 valence electrons. The standard InChI is InChI=1S/C23H16Cl2N2/c1-26-20-11-13-5-4-8-16-15-6-2-3-7-17(15)23(27(20)21(13)16)22(26)18-12-14(24)9-10-19(18)25/h2-10,12,20H,11H2,1H3. The van der Waals surface area contributed by atoms with Crippen molar-refractivity contribution < 1.29 is 0 Å². The molecule has 27 heavy (non-hydrogen) atoms. The quantitative estimate of drug-likeness (QED) is 0.492. The largest absolute Gasteiger partial charge is 0.351 e. The molecule has 3 aliphatic rings. The van der Waals surface area contributed by atoms with Gasteiger partial charge in [0.25, 0.3) is 0 Å². The van der Waals surface area contributed by atoms with Crippen LogP contribution >= 0.6 is 23.2 Å². The Kier molecular flexibility index (Phi) is 3.07. The molecule has 2 nitrogen and oxygen atoms in total. The van der Waals surface area contributed by atoms with E-state index in [1.165, 1.54) is 33.6 Å². The van der Waals surface area contributed by atoms with Crippen LogP contribution in [-0.2, 0) is 6.42 Å². The fourth-order valence-electron chi connectivity index (χ4n) is 4.87. The van der Waals surface area contributed by atoms with Crippen molar-refractivity contribution in [2.45, 2.75) is 12.6 Å². The van der Waals surface area contributed by atoms with Crippen LogP contribution in [0.25, 0.3) is 22.5 Å². The molecule has 0 N–H and O–H groups in total. The van der Waals surface area contributed by atoms with Gasteiger partial charge in [0.05, 0.1) is 22.1 Å². The Morgan fingerprint density at radius 2 is 1.59 bits per heavy atom. The molecule has 1 unspecified atom stereocenters. The van der Waals surface area contributed by atoms with Crippen molar-refractivity contribution in [3.63, 3.8) is 0 Å². The maximum absolute atomic E-state index is 6.63. The number of rotatable bonds is 1. The first-order valence-corrected chi connectivity index (χ1v) is 9.84. The molecule has 0 aliphatic carbocycles. The summed E-state index contributed by atoms with van der Waals surface area (Å²) in [5.74, 6) is 0. The van der Waals surface area contributed by atoms with Crippen molar-refractivity contribution in [2.24, 2.45) is 0 Å². The number of fused-ring (bicyclic) bond motifs is 3. The Labute approximate surface area is 168 Å². The van der Waals surface area contributed by atoms with Gasteiger partial charge in [0.2, 0.25) is 0 Å². The second-order valence-electron chi connectivity index (χ2n) is 7.35. The summed E-state index contributed by atoms with van der Waals surface area (Å²) < 4.78 is 0. The molecule has 0 amide bonds. The third-order valence-electron chi connectivity index (χ3n) is 5.98. The lowest BCUT2D eigenvalue weighted by molar-refractivity contribution is 0.385. The van der Waals surface area contributed by atoms with Crippen LogP contribution in [0.5, 0.6) is 0 Å². The van der Waals surface area contributed by atoms with E-state index < -0.39 is 0 Å². The van der Waals surface area contributed by atoms with Crippen molar-refractivity contribution in [1.29, 1.82) is 0 Å². The van der Waals surface area contributed by atoms with Crippen molar-refractivity contribution in [2.75, 3.05) is 11.9 Å². The molecule has 1 atom stereocenters. The topological polar surface area (TPSA) is 6.48 Å². The molecule has 3 heterocycles. The van der Waals surface area contributed by atoms with Gasteiger partial charge in [-0.25, -0.2) is 0 Å². The van der Waals surface area contributed by atoms with E-state index >= 15 is 0 Å². The maximum Gasteiger partial charge on any atom is 0.110 e. The first kappa shape index (κ1) is 15.6. The summed E-state index contributed by atoms with van der Waals surface area (Å²) in [4.78, 5) is 4.86. The minimum atomic E-state index is 0.273. The second-order valence-corrected chi connectivity index (χ2v) is 8.19. The van der Waals surface area contributed by atoms with Crippen molar-refractivity contribution in [1.82, 2.24) is 4.90 Å². The Hall–Kier alpha value is -2.42. The maximum atomic E-state index is 6.63. The number of para-hydroxylation sites is 1. The zero-order chi connectivity index (χ0) is 18.3. The molecule has 6 rings (SSSR count). The molecule has 4 heteroatoms. The molecular formula is C23H16Cl2N2. The first-order chi connectivity index (χ1) is 13.1. The third-order valence-corrected chi connectivity index (χ3v) is 6.55. The van der Waals surface area contributed by atoms with E-state index in [0.29, 0.717) is 5.02 Å². The van der Waals surface area contributed by atoms with Gasteiger partial charge in [-0.2, -0.15) is 0 Å². The van der Waals surface area contributed by atoms with Gasteiger partial charge < -0.3 is 9.80 Å². The Balaban J connectivity index is 1.74. The monoisotopic (exact) mass is 390 g/mol. The molecule has 3 aromatic carbocycles. The zero-order valence-electron chi connectivity index (χ0n) is 14.7. The highest BCUT2D eigenvalue weighted by atomic mass is 35.5. The summed E-state index contributed by atoms with van der Waals surface area (Å²) in [6.07, 6.45) is 1.27. The van der Waals surface area contributed by atoms with Gasteiger partial charge in [-0.15, -0.1) is 0 Å². The van der Waals surface area contributed by atoms with E-state index in [4.69, 9.17) is 23.2 Å². The normalized spacial score (nSPS) is 18.9. The fourth-order valence-corrected chi connectivity index (χ4v) is 5.25. The summed E-state index contributed by atoms with van der Waals surface area (Å²) >= 11 is 13.0. The highest BCUT2D eigenvalue weighted by Gasteiger charge is 2.47. The molecule has 0 saturated heterocycles. The summed E-state index contributed by atoms with van der Waals surface area (Å²) in [6.45, 7) is 0. The first-order valence-electron chi connectivity index (χ1n) is 9.08. The van der Waals surface area contributed by atoms with Gasteiger partial charge in [0.15, 0.2) is 0 Å². The SMILES string of the molecule is CN1C(c2cc(Cl)ccc2Cl)=C2c3ccccc3-c3cccc4c3N2C1C4. The van der Waals surface area contributed by atoms with Crippen LogP contribution < -0.4 is 4.90 Å². The Morgan fingerprint density at radius 1 is 0.815 bits per heavy atom. The molecule has 0 saturated carbocycles. The smallest absolute Gasteiger partial charge is 0.110 e. The highest BCUT2D eigenvalue weighted by molar-refractivity contribution is 6.35. The van der Waals surface area contributed by atoms with E-state index in [1.807, 2.05) is 18.2 Å². The minimum absolute atomic E-state index is 0.273. The van der Waals surface area contributed by atoms with E-state index in [-0.39, 0.29) is 6.17 Å². The van der Waals surface area contributed by atoms with Crippen molar-refractivity contribution >= 4 is 40.3 Å². The van der Waals surface area contributed by atoms with Crippen LogP contribution in [0.2, 0.25) is 10.0 Å². The van der Waals surface area contributed by atoms with E-state index in [0.717, 1.165) is 22.7 Å². The van der Waals surface area contributed by atoms with E-state index in [9.17, 15) is 0 Å². The number of halogens is 2. The fraction of sp³-hybridized carbons (Fsp3) is 0.130. The predicted molar refractivity (Wildman–Crippen MR) is 113 cm³/mol. The summed E-state index contributed by atoms with van der Waals surface area (Å²) in [6, 6.07) is 21.0. The minimum Gasteiger partial charge on any atom is -0.351 e. The summed E-state index contributed by atoms with van der Waals surface area (Å²) in [5.41, 5.74) is 9.99. The zero-order valence-corrected chi connectivity index (χ0v) is 16.2. The Morgan fingerprint density at radius 3 is 2.44 bits per heavy atom. The van der Waals surface area contributed by atoms with Crippen molar-refractivity contribution in [3.8, 4) is 11.1 Å². The van der Waals surface area contributed by atoms with Crippen LogP contribution in [0.4, 0.5) is 5.69 Å². The second kappa shape index (κ2) is 5.31. The molecular weight excluding hydrogens is 375 g/mol. The van der Waals surface area contributed by atoms with Crippen LogP contribution in [0.15, 0.2) is 60.7 Å². The lowest BCUT2D eigenvalue weighted by atomic mass is 9.89. The molecule has 3 aliphatic heterocycles. The van der Waals surface area contributed by atoms with Gasteiger partial charge in [-0.05, 0) is 29.3 Å². The number of likely N-dealkylation sites (N-methyl/N-ethyl adjacent to an activating group) is 1. The third kappa shape index (κ3) is 1.92. The van der Waals surface area contributed by atoms with E-state index in [1.54, 1.807) is 0 Å². The van der Waals surface area contributed by atoms with Crippen LogP contribution in [0.1, 0.15) is 16.7 Å².